The molecule has 6 nitrogen and oxygen atoms in total. The SMILES string of the molecule is Nc1ncnc2cc(C(=O)N3CCC(CN4CCCC4)C3)ccc12. The van der Waals surface area contributed by atoms with Crippen molar-refractivity contribution in [2.24, 2.45) is 5.92 Å². The second kappa shape index (κ2) is 6.36. The third-order valence-corrected chi connectivity index (χ3v) is 5.20. The van der Waals surface area contributed by atoms with Gasteiger partial charge in [-0.1, -0.05) is 0 Å². The maximum atomic E-state index is 12.8. The third kappa shape index (κ3) is 2.94. The molecule has 0 radical (unpaired) electrons. The summed E-state index contributed by atoms with van der Waals surface area (Å²) in [4.78, 5) is 25.5. The van der Waals surface area contributed by atoms with E-state index in [1.807, 2.05) is 23.1 Å². The largest absolute Gasteiger partial charge is 0.383 e. The fourth-order valence-electron chi connectivity index (χ4n) is 3.89. The van der Waals surface area contributed by atoms with Crippen LogP contribution in [0.4, 0.5) is 5.82 Å². The predicted molar refractivity (Wildman–Crippen MR) is 93.6 cm³/mol. The molecule has 24 heavy (non-hydrogen) atoms. The smallest absolute Gasteiger partial charge is 0.253 e. The minimum absolute atomic E-state index is 0.0954. The van der Waals surface area contributed by atoms with Gasteiger partial charge in [0, 0.05) is 30.6 Å². The molecule has 1 atom stereocenters. The fraction of sp³-hybridized carbons (Fsp3) is 0.500. The number of hydrogen-bond donors (Lipinski definition) is 1. The number of carbonyl (C=O) groups excluding carboxylic acids is 1. The van der Waals surface area contributed by atoms with Crippen LogP contribution >= 0.6 is 0 Å². The summed E-state index contributed by atoms with van der Waals surface area (Å²) < 4.78 is 0. The van der Waals surface area contributed by atoms with Crippen molar-refractivity contribution in [1.82, 2.24) is 19.8 Å². The van der Waals surface area contributed by atoms with Crippen LogP contribution in [-0.4, -0.2) is 58.4 Å². The molecule has 6 heteroatoms. The highest BCUT2D eigenvalue weighted by Crippen LogP contribution is 2.23. The Balaban J connectivity index is 1.46. The molecule has 126 valence electrons. The maximum absolute atomic E-state index is 12.8. The summed E-state index contributed by atoms with van der Waals surface area (Å²) in [5, 5.41) is 0.794. The Morgan fingerprint density at radius 3 is 2.88 bits per heavy atom. The Morgan fingerprint density at radius 2 is 2.04 bits per heavy atom. The van der Waals surface area contributed by atoms with E-state index in [1.54, 1.807) is 0 Å². The average Bonchev–Trinajstić information content (AvgIpc) is 3.26. The van der Waals surface area contributed by atoms with Gasteiger partial charge < -0.3 is 15.5 Å². The van der Waals surface area contributed by atoms with E-state index in [2.05, 4.69) is 14.9 Å². The summed E-state index contributed by atoms with van der Waals surface area (Å²) in [6.45, 7) is 5.28. The predicted octanol–water partition coefficient (Wildman–Crippen LogP) is 1.77. The molecule has 2 aliphatic rings. The van der Waals surface area contributed by atoms with Gasteiger partial charge in [-0.15, -0.1) is 0 Å². The number of anilines is 1. The molecule has 4 rings (SSSR count). The average molecular weight is 325 g/mol. The molecule has 2 N–H and O–H groups in total. The number of rotatable bonds is 3. The molecule has 0 spiro atoms. The fourth-order valence-corrected chi connectivity index (χ4v) is 3.89. The van der Waals surface area contributed by atoms with Crippen molar-refractivity contribution in [3.05, 3.63) is 30.1 Å². The lowest BCUT2D eigenvalue weighted by atomic mass is 10.1. The van der Waals surface area contributed by atoms with Gasteiger partial charge in [-0.2, -0.15) is 0 Å². The number of benzene rings is 1. The van der Waals surface area contributed by atoms with E-state index in [0.717, 1.165) is 37.0 Å². The van der Waals surface area contributed by atoms with E-state index in [4.69, 9.17) is 5.73 Å². The van der Waals surface area contributed by atoms with E-state index in [0.29, 0.717) is 17.3 Å². The number of hydrogen-bond acceptors (Lipinski definition) is 5. The van der Waals surface area contributed by atoms with Gasteiger partial charge >= 0.3 is 0 Å². The number of amides is 1. The van der Waals surface area contributed by atoms with Crippen LogP contribution in [-0.2, 0) is 0 Å². The molecule has 0 saturated carbocycles. The second-order valence-corrected chi connectivity index (χ2v) is 6.90. The van der Waals surface area contributed by atoms with Gasteiger partial charge in [0.2, 0.25) is 0 Å². The number of fused-ring (bicyclic) bond motifs is 1. The first kappa shape index (κ1) is 15.3. The zero-order valence-electron chi connectivity index (χ0n) is 13.8. The first-order valence-electron chi connectivity index (χ1n) is 8.72. The van der Waals surface area contributed by atoms with Gasteiger partial charge in [-0.25, -0.2) is 9.97 Å². The van der Waals surface area contributed by atoms with Gasteiger partial charge in [0.15, 0.2) is 0 Å². The molecule has 2 fully saturated rings. The zero-order chi connectivity index (χ0) is 16.5. The lowest BCUT2D eigenvalue weighted by Crippen LogP contribution is -2.32. The Bertz CT molecular complexity index is 756. The van der Waals surface area contributed by atoms with E-state index < -0.39 is 0 Å². The highest BCUT2D eigenvalue weighted by atomic mass is 16.2. The Labute approximate surface area is 141 Å². The first-order chi connectivity index (χ1) is 11.7. The van der Waals surface area contributed by atoms with Crippen molar-refractivity contribution in [2.75, 3.05) is 38.5 Å². The third-order valence-electron chi connectivity index (χ3n) is 5.20. The van der Waals surface area contributed by atoms with Crippen LogP contribution in [0.3, 0.4) is 0 Å². The number of nitrogens with zero attached hydrogens (tertiary/aromatic N) is 4. The lowest BCUT2D eigenvalue weighted by molar-refractivity contribution is 0.0784. The number of nitrogen functional groups attached to an aromatic ring is 1. The van der Waals surface area contributed by atoms with Crippen LogP contribution in [0.2, 0.25) is 0 Å². The normalized spacial score (nSPS) is 21.7. The zero-order valence-corrected chi connectivity index (χ0v) is 13.8. The van der Waals surface area contributed by atoms with E-state index >= 15 is 0 Å². The van der Waals surface area contributed by atoms with Crippen LogP contribution in [0.15, 0.2) is 24.5 Å². The van der Waals surface area contributed by atoms with Crippen molar-refractivity contribution >= 4 is 22.6 Å². The summed E-state index contributed by atoms with van der Waals surface area (Å²) in [5.74, 6) is 1.15. The van der Waals surface area contributed by atoms with Crippen LogP contribution in [0.5, 0.6) is 0 Å². The molecule has 1 amide bonds. The van der Waals surface area contributed by atoms with Gasteiger partial charge in [-0.3, -0.25) is 4.79 Å². The lowest BCUT2D eigenvalue weighted by Gasteiger charge is -2.20. The Kier molecular flexibility index (Phi) is 4.06. The highest BCUT2D eigenvalue weighted by molar-refractivity contribution is 5.99. The molecule has 2 aromatic rings. The minimum Gasteiger partial charge on any atom is -0.383 e. The number of carbonyl (C=O) groups is 1. The van der Waals surface area contributed by atoms with Crippen LogP contribution in [0.1, 0.15) is 29.6 Å². The molecule has 0 aliphatic carbocycles. The molecule has 3 heterocycles. The molecular weight excluding hydrogens is 302 g/mol. The monoisotopic (exact) mass is 325 g/mol. The Morgan fingerprint density at radius 1 is 1.21 bits per heavy atom. The maximum Gasteiger partial charge on any atom is 0.253 e. The van der Waals surface area contributed by atoms with Crippen molar-refractivity contribution in [2.45, 2.75) is 19.3 Å². The molecule has 1 aromatic heterocycles. The molecule has 0 bridgehead atoms. The minimum atomic E-state index is 0.0954. The quantitative estimate of drug-likeness (QED) is 0.931. The highest BCUT2D eigenvalue weighted by Gasteiger charge is 2.29. The summed E-state index contributed by atoms with van der Waals surface area (Å²) in [7, 11) is 0. The first-order valence-corrected chi connectivity index (χ1v) is 8.72. The van der Waals surface area contributed by atoms with Crippen LogP contribution < -0.4 is 5.73 Å². The standard InChI is InChI=1S/C18H23N5O/c19-17-15-4-3-14(9-16(15)20-12-21-17)18(24)23-8-5-13(11-23)10-22-6-1-2-7-22/h3-4,9,12-13H,1-2,5-8,10-11H2,(H2,19,20,21). The van der Waals surface area contributed by atoms with Crippen molar-refractivity contribution in [1.29, 1.82) is 0 Å². The summed E-state index contributed by atoms with van der Waals surface area (Å²) in [5.41, 5.74) is 7.26. The molecule has 1 aromatic carbocycles. The van der Waals surface area contributed by atoms with E-state index in [9.17, 15) is 4.79 Å². The van der Waals surface area contributed by atoms with Gasteiger partial charge in [-0.05, 0) is 56.5 Å². The molecule has 2 aliphatic heterocycles. The van der Waals surface area contributed by atoms with Crippen molar-refractivity contribution in [3.8, 4) is 0 Å². The molecule has 1 unspecified atom stereocenters. The van der Waals surface area contributed by atoms with Crippen LogP contribution in [0.25, 0.3) is 10.9 Å². The van der Waals surface area contributed by atoms with Gasteiger partial charge in [0.05, 0.1) is 5.52 Å². The second-order valence-electron chi connectivity index (χ2n) is 6.90. The van der Waals surface area contributed by atoms with Gasteiger partial charge in [0.25, 0.3) is 5.91 Å². The van der Waals surface area contributed by atoms with Crippen LogP contribution in [0, 0.1) is 5.92 Å². The molecule has 2 saturated heterocycles. The topological polar surface area (TPSA) is 75.3 Å². The van der Waals surface area contributed by atoms with E-state index in [-0.39, 0.29) is 5.91 Å². The number of nitrogens with two attached hydrogens (primary N) is 1. The Hall–Kier alpha value is -2.21. The van der Waals surface area contributed by atoms with Gasteiger partial charge in [0.1, 0.15) is 12.1 Å². The summed E-state index contributed by atoms with van der Waals surface area (Å²) in [6.07, 6.45) is 5.17. The molecular formula is C18H23N5O. The summed E-state index contributed by atoms with van der Waals surface area (Å²) in [6, 6.07) is 5.50. The van der Waals surface area contributed by atoms with Crippen molar-refractivity contribution in [3.63, 3.8) is 0 Å². The van der Waals surface area contributed by atoms with Crippen molar-refractivity contribution < 1.29 is 4.79 Å². The van der Waals surface area contributed by atoms with E-state index in [1.165, 1.54) is 32.3 Å². The number of likely N-dealkylation sites (tertiary alicyclic amines) is 2. The summed E-state index contributed by atoms with van der Waals surface area (Å²) >= 11 is 0. The number of aromatic nitrogens is 2.